The monoisotopic (exact) mass is 284 g/mol. The van der Waals surface area contributed by atoms with Crippen LogP contribution in [0.5, 0.6) is 0 Å². The van der Waals surface area contributed by atoms with Crippen molar-refractivity contribution in [3.8, 4) is 0 Å². The molecule has 1 saturated heterocycles. The van der Waals surface area contributed by atoms with Crippen molar-refractivity contribution in [3.05, 3.63) is 24.2 Å². The number of pyridine rings is 1. The molecule has 0 N–H and O–H groups in total. The smallest absolute Gasteiger partial charge is 0.160 e. The molecule has 3 heterocycles. The van der Waals surface area contributed by atoms with Gasteiger partial charge in [-0.25, -0.2) is 9.97 Å². The van der Waals surface area contributed by atoms with Gasteiger partial charge in [-0.05, 0) is 58.2 Å². The van der Waals surface area contributed by atoms with Gasteiger partial charge in [0.2, 0.25) is 0 Å². The maximum Gasteiger partial charge on any atom is 0.160 e. The van der Waals surface area contributed by atoms with Gasteiger partial charge >= 0.3 is 0 Å². The highest BCUT2D eigenvalue weighted by molar-refractivity contribution is 5.71. The van der Waals surface area contributed by atoms with Gasteiger partial charge in [0, 0.05) is 30.7 Å². The van der Waals surface area contributed by atoms with Crippen molar-refractivity contribution < 1.29 is 0 Å². The normalized spacial score (nSPS) is 23.5. The summed E-state index contributed by atoms with van der Waals surface area (Å²) in [7, 11) is 0. The third-order valence-electron chi connectivity index (χ3n) is 4.94. The first-order chi connectivity index (χ1) is 10.2. The topological polar surface area (TPSA) is 34.0 Å². The molecule has 2 aromatic heterocycles. The molecular formula is C17H24N4. The van der Waals surface area contributed by atoms with E-state index in [0.717, 1.165) is 17.6 Å². The molecule has 1 unspecified atom stereocenters. The lowest BCUT2D eigenvalue weighted by Crippen LogP contribution is -2.37. The zero-order valence-electron chi connectivity index (χ0n) is 13.0. The van der Waals surface area contributed by atoms with Crippen molar-refractivity contribution in [3.63, 3.8) is 0 Å². The fourth-order valence-corrected chi connectivity index (χ4v) is 3.80. The van der Waals surface area contributed by atoms with Gasteiger partial charge in [-0.3, -0.25) is 4.90 Å². The second-order valence-corrected chi connectivity index (χ2v) is 6.81. The minimum Gasteiger partial charge on any atom is -0.310 e. The van der Waals surface area contributed by atoms with E-state index < -0.39 is 0 Å². The zero-order valence-corrected chi connectivity index (χ0v) is 13.0. The Bertz CT molecular complexity index is 641. The molecule has 1 atom stereocenters. The van der Waals surface area contributed by atoms with Gasteiger partial charge in [0.1, 0.15) is 11.3 Å². The van der Waals surface area contributed by atoms with Gasteiger partial charge < -0.3 is 4.57 Å². The molecule has 4 heteroatoms. The van der Waals surface area contributed by atoms with Crippen LogP contribution in [-0.2, 0) is 6.42 Å². The predicted octanol–water partition coefficient (Wildman–Crippen LogP) is 3.18. The van der Waals surface area contributed by atoms with Crippen LogP contribution in [0.3, 0.4) is 0 Å². The summed E-state index contributed by atoms with van der Waals surface area (Å²) in [5.41, 5.74) is 2.15. The molecule has 0 spiro atoms. The summed E-state index contributed by atoms with van der Waals surface area (Å²) in [5.74, 6) is 1.25. The molecular weight excluding hydrogens is 260 g/mol. The largest absolute Gasteiger partial charge is 0.310 e. The Balaban J connectivity index is 1.68. The number of likely N-dealkylation sites (tertiary alicyclic amines) is 1. The summed E-state index contributed by atoms with van der Waals surface area (Å²) in [6.45, 7) is 5.86. The van der Waals surface area contributed by atoms with Crippen LogP contribution in [0, 0.1) is 0 Å². The van der Waals surface area contributed by atoms with E-state index in [1.807, 2.05) is 12.3 Å². The van der Waals surface area contributed by atoms with E-state index in [-0.39, 0.29) is 0 Å². The van der Waals surface area contributed by atoms with E-state index in [0.29, 0.717) is 18.1 Å². The van der Waals surface area contributed by atoms with Crippen molar-refractivity contribution in [1.29, 1.82) is 0 Å². The summed E-state index contributed by atoms with van der Waals surface area (Å²) in [4.78, 5) is 12.1. The van der Waals surface area contributed by atoms with Gasteiger partial charge in [-0.2, -0.15) is 0 Å². The molecule has 1 saturated carbocycles. The van der Waals surface area contributed by atoms with Crippen molar-refractivity contribution in [2.75, 3.05) is 6.54 Å². The Kier molecular flexibility index (Phi) is 3.21. The molecule has 4 rings (SSSR count). The van der Waals surface area contributed by atoms with Crippen LogP contribution in [0.2, 0.25) is 0 Å². The van der Waals surface area contributed by atoms with Crippen LogP contribution in [-0.4, -0.2) is 38.1 Å². The number of fused-ring (bicyclic) bond motifs is 1. The summed E-state index contributed by atoms with van der Waals surface area (Å²) in [5, 5.41) is 0. The van der Waals surface area contributed by atoms with Gasteiger partial charge in [0.15, 0.2) is 5.65 Å². The second-order valence-electron chi connectivity index (χ2n) is 6.81. The number of hydrogen-bond acceptors (Lipinski definition) is 3. The number of imidazole rings is 1. The summed E-state index contributed by atoms with van der Waals surface area (Å²) in [6, 6.07) is 6.02. The van der Waals surface area contributed by atoms with Crippen LogP contribution in [0.25, 0.3) is 11.2 Å². The lowest BCUT2D eigenvalue weighted by molar-refractivity contribution is 0.200. The zero-order chi connectivity index (χ0) is 14.4. The predicted molar refractivity (Wildman–Crippen MR) is 84.4 cm³/mol. The summed E-state index contributed by atoms with van der Waals surface area (Å²) >= 11 is 0. The van der Waals surface area contributed by atoms with Crippen molar-refractivity contribution in [2.45, 2.75) is 64.1 Å². The Labute approximate surface area is 126 Å². The first-order valence-corrected chi connectivity index (χ1v) is 8.31. The van der Waals surface area contributed by atoms with E-state index in [1.54, 1.807) is 0 Å². The summed E-state index contributed by atoms with van der Waals surface area (Å²) < 4.78 is 2.42. The van der Waals surface area contributed by atoms with E-state index in [9.17, 15) is 0 Å². The molecule has 4 nitrogen and oxygen atoms in total. The molecule has 2 aromatic rings. The number of hydrogen-bond donors (Lipinski definition) is 0. The maximum absolute atomic E-state index is 4.90. The second kappa shape index (κ2) is 5.09. The van der Waals surface area contributed by atoms with E-state index in [4.69, 9.17) is 4.98 Å². The highest BCUT2D eigenvalue weighted by atomic mass is 15.2. The van der Waals surface area contributed by atoms with Gasteiger partial charge in [0.25, 0.3) is 0 Å². The van der Waals surface area contributed by atoms with Crippen LogP contribution in [0.4, 0.5) is 0 Å². The van der Waals surface area contributed by atoms with Gasteiger partial charge in [0.05, 0.1) is 0 Å². The fourth-order valence-electron chi connectivity index (χ4n) is 3.80. The molecule has 2 fully saturated rings. The Morgan fingerprint density at radius 1 is 1.29 bits per heavy atom. The fraction of sp³-hybridized carbons (Fsp3) is 0.647. The molecule has 0 radical (unpaired) electrons. The number of aromatic nitrogens is 3. The lowest BCUT2D eigenvalue weighted by Gasteiger charge is -2.28. The minimum atomic E-state index is 0.634. The Morgan fingerprint density at radius 3 is 2.90 bits per heavy atom. The highest BCUT2D eigenvalue weighted by Crippen LogP contribution is 2.39. The molecule has 0 aromatic carbocycles. The third-order valence-corrected chi connectivity index (χ3v) is 4.94. The molecule has 112 valence electrons. The van der Waals surface area contributed by atoms with E-state index >= 15 is 0 Å². The van der Waals surface area contributed by atoms with E-state index in [2.05, 4.69) is 34.4 Å². The average Bonchev–Trinajstić information content (AvgIpc) is 3.08. The van der Waals surface area contributed by atoms with Gasteiger partial charge in [-0.15, -0.1) is 0 Å². The molecule has 0 amide bonds. The Hall–Kier alpha value is -1.42. The van der Waals surface area contributed by atoms with Crippen LogP contribution < -0.4 is 0 Å². The summed E-state index contributed by atoms with van der Waals surface area (Å²) in [6.07, 6.45) is 8.17. The first kappa shape index (κ1) is 13.3. The molecule has 1 aliphatic heterocycles. The lowest BCUT2D eigenvalue weighted by atomic mass is 10.1. The first-order valence-electron chi connectivity index (χ1n) is 8.31. The molecule has 0 bridgehead atoms. The maximum atomic E-state index is 4.90. The van der Waals surface area contributed by atoms with Crippen molar-refractivity contribution in [2.24, 2.45) is 0 Å². The quantitative estimate of drug-likeness (QED) is 0.864. The highest BCUT2D eigenvalue weighted by Gasteiger charge is 2.32. The molecule has 1 aliphatic carbocycles. The average molecular weight is 284 g/mol. The number of nitrogens with zero attached hydrogens (tertiary/aromatic N) is 4. The Morgan fingerprint density at radius 2 is 2.14 bits per heavy atom. The third kappa shape index (κ3) is 2.35. The van der Waals surface area contributed by atoms with Crippen LogP contribution in [0.1, 0.15) is 51.4 Å². The SMILES string of the molecule is CC(C)N1CCCC1Cc1nc2cccnc2n1C1CC1. The standard InChI is InChI=1S/C17H24N4/c1-12(2)20-10-4-5-14(20)11-16-19-15-6-3-9-18-17(15)21(16)13-7-8-13/h3,6,9,12-14H,4-5,7-8,10-11H2,1-2H3. The number of rotatable bonds is 4. The molecule has 2 aliphatic rings. The van der Waals surface area contributed by atoms with Crippen LogP contribution >= 0.6 is 0 Å². The van der Waals surface area contributed by atoms with Crippen molar-refractivity contribution in [1.82, 2.24) is 19.4 Å². The van der Waals surface area contributed by atoms with Gasteiger partial charge in [-0.1, -0.05) is 0 Å². The van der Waals surface area contributed by atoms with Crippen LogP contribution in [0.15, 0.2) is 18.3 Å². The van der Waals surface area contributed by atoms with Crippen molar-refractivity contribution >= 4 is 11.2 Å². The minimum absolute atomic E-state index is 0.634. The van der Waals surface area contributed by atoms with E-state index in [1.165, 1.54) is 38.1 Å². The molecule has 21 heavy (non-hydrogen) atoms.